The summed E-state index contributed by atoms with van der Waals surface area (Å²) in [5.41, 5.74) is 0. The largest absolute Gasteiger partial charge is 0.481 e. The van der Waals surface area contributed by atoms with Gasteiger partial charge in [-0.05, 0) is 45.6 Å². The molecule has 0 radical (unpaired) electrons. The highest BCUT2D eigenvalue weighted by atomic mass is 16.4. The second kappa shape index (κ2) is 7.11. The standard InChI is InChI=1S/C15H27N3O3/c1-11-9-13(5-6-17(11)2)16-15(21)18-7-3-12(4-8-18)10-14(19)20/h11-13H,3-10H2,1-2H3,(H,16,21)(H,19,20). The number of rotatable bonds is 3. The van der Waals surface area contributed by atoms with Gasteiger partial charge in [0.25, 0.3) is 0 Å². The first-order valence-corrected chi connectivity index (χ1v) is 7.93. The molecule has 2 fully saturated rings. The van der Waals surface area contributed by atoms with Crippen molar-refractivity contribution in [2.45, 2.75) is 51.1 Å². The van der Waals surface area contributed by atoms with Gasteiger partial charge in [-0.1, -0.05) is 0 Å². The zero-order valence-electron chi connectivity index (χ0n) is 13.0. The van der Waals surface area contributed by atoms with Gasteiger partial charge in [0.1, 0.15) is 0 Å². The van der Waals surface area contributed by atoms with Gasteiger partial charge in [-0.3, -0.25) is 4.79 Å². The van der Waals surface area contributed by atoms with Gasteiger partial charge in [-0.15, -0.1) is 0 Å². The fourth-order valence-electron chi connectivity index (χ4n) is 3.27. The summed E-state index contributed by atoms with van der Waals surface area (Å²) in [6.07, 6.45) is 3.81. The molecule has 2 amide bonds. The number of urea groups is 1. The average Bonchev–Trinajstić information content (AvgIpc) is 2.43. The molecule has 2 aliphatic rings. The second-order valence-electron chi connectivity index (χ2n) is 6.53. The van der Waals surface area contributed by atoms with Crippen LogP contribution in [0.25, 0.3) is 0 Å². The fraction of sp³-hybridized carbons (Fsp3) is 0.867. The average molecular weight is 297 g/mol. The Labute approximate surface area is 126 Å². The predicted octanol–water partition coefficient (Wildman–Crippen LogP) is 1.37. The van der Waals surface area contributed by atoms with E-state index in [9.17, 15) is 9.59 Å². The molecular weight excluding hydrogens is 270 g/mol. The van der Waals surface area contributed by atoms with E-state index in [1.807, 2.05) is 4.90 Å². The van der Waals surface area contributed by atoms with E-state index in [0.29, 0.717) is 19.1 Å². The number of carbonyl (C=O) groups is 2. The lowest BCUT2D eigenvalue weighted by Gasteiger charge is -2.37. The number of carbonyl (C=O) groups excluding carboxylic acids is 1. The molecule has 2 heterocycles. The van der Waals surface area contributed by atoms with Crippen LogP contribution in [0, 0.1) is 5.92 Å². The van der Waals surface area contributed by atoms with Crippen LogP contribution in [-0.4, -0.2) is 65.7 Å². The maximum atomic E-state index is 12.3. The Hall–Kier alpha value is -1.30. The van der Waals surface area contributed by atoms with Gasteiger partial charge < -0.3 is 20.2 Å². The molecule has 2 N–H and O–H groups in total. The molecule has 0 aromatic heterocycles. The number of carboxylic acids is 1. The second-order valence-corrected chi connectivity index (χ2v) is 6.53. The van der Waals surface area contributed by atoms with Gasteiger partial charge >= 0.3 is 12.0 Å². The normalized spacial score (nSPS) is 28.4. The van der Waals surface area contributed by atoms with Crippen molar-refractivity contribution in [3.63, 3.8) is 0 Å². The quantitative estimate of drug-likeness (QED) is 0.825. The van der Waals surface area contributed by atoms with E-state index >= 15 is 0 Å². The van der Waals surface area contributed by atoms with Crippen LogP contribution in [0.15, 0.2) is 0 Å². The Bertz CT molecular complexity index is 380. The zero-order chi connectivity index (χ0) is 15.4. The van der Waals surface area contributed by atoms with Crippen LogP contribution in [0.3, 0.4) is 0 Å². The minimum atomic E-state index is -0.738. The van der Waals surface area contributed by atoms with Gasteiger partial charge in [0, 0.05) is 38.1 Å². The van der Waals surface area contributed by atoms with Crippen molar-refractivity contribution in [1.82, 2.24) is 15.1 Å². The number of nitrogens with zero attached hydrogens (tertiary/aromatic N) is 2. The lowest BCUT2D eigenvalue weighted by atomic mass is 9.94. The molecule has 0 bridgehead atoms. The molecule has 0 spiro atoms. The summed E-state index contributed by atoms with van der Waals surface area (Å²) >= 11 is 0. The van der Waals surface area contributed by atoms with Crippen LogP contribution < -0.4 is 5.32 Å². The van der Waals surface area contributed by atoms with Crippen molar-refractivity contribution < 1.29 is 14.7 Å². The van der Waals surface area contributed by atoms with Crippen LogP contribution in [0.5, 0.6) is 0 Å². The number of piperidine rings is 2. The van der Waals surface area contributed by atoms with E-state index < -0.39 is 5.97 Å². The van der Waals surface area contributed by atoms with Crippen molar-refractivity contribution >= 4 is 12.0 Å². The molecule has 2 atom stereocenters. The fourth-order valence-corrected chi connectivity index (χ4v) is 3.27. The van der Waals surface area contributed by atoms with Crippen molar-refractivity contribution in [1.29, 1.82) is 0 Å². The summed E-state index contributed by atoms with van der Waals surface area (Å²) < 4.78 is 0. The molecule has 0 aromatic carbocycles. The first-order valence-electron chi connectivity index (χ1n) is 7.93. The van der Waals surface area contributed by atoms with E-state index in [4.69, 9.17) is 5.11 Å². The number of carboxylic acid groups (broad SMARTS) is 1. The van der Waals surface area contributed by atoms with Gasteiger partial charge in [-0.2, -0.15) is 0 Å². The van der Waals surface area contributed by atoms with Crippen molar-refractivity contribution in [3.8, 4) is 0 Å². The van der Waals surface area contributed by atoms with Crippen molar-refractivity contribution in [2.24, 2.45) is 5.92 Å². The van der Waals surface area contributed by atoms with Gasteiger partial charge in [0.15, 0.2) is 0 Å². The number of hydrogen-bond donors (Lipinski definition) is 2. The Kier molecular flexibility index (Phi) is 5.45. The summed E-state index contributed by atoms with van der Waals surface area (Å²) in [7, 11) is 2.12. The smallest absolute Gasteiger partial charge is 0.317 e. The topological polar surface area (TPSA) is 72.9 Å². The maximum Gasteiger partial charge on any atom is 0.317 e. The van der Waals surface area contributed by atoms with Crippen LogP contribution >= 0.6 is 0 Å². The highest BCUT2D eigenvalue weighted by Crippen LogP contribution is 2.21. The number of nitrogens with one attached hydrogen (secondary N) is 1. The number of hydrogen-bond acceptors (Lipinski definition) is 3. The van der Waals surface area contributed by atoms with E-state index in [2.05, 4.69) is 24.2 Å². The predicted molar refractivity (Wildman–Crippen MR) is 80.2 cm³/mol. The highest BCUT2D eigenvalue weighted by molar-refractivity contribution is 5.74. The van der Waals surface area contributed by atoms with Gasteiger partial charge in [-0.25, -0.2) is 4.79 Å². The summed E-state index contributed by atoms with van der Waals surface area (Å²) in [4.78, 5) is 27.1. The Balaban J connectivity index is 1.73. The van der Waals surface area contributed by atoms with Crippen LogP contribution in [0.1, 0.15) is 39.0 Å². The third-order valence-electron chi connectivity index (χ3n) is 4.90. The Morgan fingerprint density at radius 3 is 2.43 bits per heavy atom. The van der Waals surface area contributed by atoms with Crippen LogP contribution in [0.4, 0.5) is 4.79 Å². The van der Waals surface area contributed by atoms with E-state index in [-0.39, 0.29) is 24.4 Å². The Morgan fingerprint density at radius 1 is 1.19 bits per heavy atom. The van der Waals surface area contributed by atoms with Crippen LogP contribution in [-0.2, 0) is 4.79 Å². The molecule has 6 heteroatoms. The SMILES string of the molecule is CC1CC(NC(=O)N2CCC(CC(=O)O)CC2)CCN1C. The lowest BCUT2D eigenvalue weighted by Crippen LogP contribution is -2.52. The zero-order valence-corrected chi connectivity index (χ0v) is 13.0. The minimum Gasteiger partial charge on any atom is -0.481 e. The number of amides is 2. The maximum absolute atomic E-state index is 12.3. The van der Waals surface area contributed by atoms with Crippen molar-refractivity contribution in [3.05, 3.63) is 0 Å². The third kappa shape index (κ3) is 4.59. The molecule has 6 nitrogen and oxygen atoms in total. The monoisotopic (exact) mass is 297 g/mol. The van der Waals surface area contributed by atoms with Gasteiger partial charge in [0.05, 0.1) is 0 Å². The van der Waals surface area contributed by atoms with Crippen molar-refractivity contribution in [2.75, 3.05) is 26.7 Å². The molecule has 0 aliphatic carbocycles. The molecule has 2 rings (SSSR count). The first-order chi connectivity index (χ1) is 9.95. The number of aliphatic carboxylic acids is 1. The summed E-state index contributed by atoms with van der Waals surface area (Å²) in [6, 6.07) is 0.788. The summed E-state index contributed by atoms with van der Waals surface area (Å²) in [6.45, 7) is 4.56. The molecule has 2 unspecified atom stereocenters. The molecule has 2 aliphatic heterocycles. The molecule has 21 heavy (non-hydrogen) atoms. The molecule has 2 saturated heterocycles. The lowest BCUT2D eigenvalue weighted by molar-refractivity contribution is -0.138. The van der Waals surface area contributed by atoms with Crippen LogP contribution in [0.2, 0.25) is 0 Å². The molecule has 120 valence electrons. The van der Waals surface area contributed by atoms with Gasteiger partial charge in [0.2, 0.25) is 0 Å². The van der Waals surface area contributed by atoms with E-state index in [1.54, 1.807) is 0 Å². The molecular formula is C15H27N3O3. The van der Waals surface area contributed by atoms with E-state index in [1.165, 1.54) is 0 Å². The summed E-state index contributed by atoms with van der Waals surface area (Å²) in [5, 5.41) is 11.9. The van der Waals surface area contributed by atoms with E-state index in [0.717, 1.165) is 32.2 Å². The highest BCUT2D eigenvalue weighted by Gasteiger charge is 2.28. The first kappa shape index (κ1) is 16.1. The Morgan fingerprint density at radius 2 is 1.86 bits per heavy atom. The third-order valence-corrected chi connectivity index (χ3v) is 4.90. The molecule has 0 aromatic rings. The summed E-state index contributed by atoms with van der Waals surface area (Å²) in [5.74, 6) is -0.520. The molecule has 0 saturated carbocycles. The number of likely N-dealkylation sites (tertiary alicyclic amines) is 2. The minimum absolute atomic E-state index is 0.0190.